The van der Waals surface area contributed by atoms with Gasteiger partial charge in [0.2, 0.25) is 0 Å². The average Bonchev–Trinajstić information content (AvgIpc) is 3.62. The summed E-state index contributed by atoms with van der Waals surface area (Å²) in [7, 11) is 0. The van der Waals surface area contributed by atoms with Crippen molar-refractivity contribution in [1.29, 1.82) is 0 Å². The highest BCUT2D eigenvalue weighted by atomic mass is 16.8. The van der Waals surface area contributed by atoms with Crippen LogP contribution in [-0.2, 0) is 63.3 Å². The Bertz CT molecular complexity index is 2000. The van der Waals surface area contributed by atoms with Crippen molar-refractivity contribution in [3.05, 3.63) is 35.9 Å². The molecule has 12 bridgehead atoms. The second-order valence-electron chi connectivity index (χ2n) is 21.6. The molecule has 12 fully saturated rings. The quantitative estimate of drug-likeness (QED) is 0.115. The van der Waals surface area contributed by atoms with E-state index in [0.717, 1.165) is 5.56 Å². The van der Waals surface area contributed by atoms with Crippen LogP contribution < -0.4 is 5.32 Å². The number of fused-ring (bicyclic) bond motifs is 4. The Morgan fingerprint density at radius 2 is 0.810 bits per heavy atom. The summed E-state index contributed by atoms with van der Waals surface area (Å²) in [6, 6.07) is 9.70. The summed E-state index contributed by atoms with van der Waals surface area (Å²) in [4.78, 5) is 2.00. The topological polar surface area (TPSA) is 429 Å². The molecule has 12 aliphatic heterocycles. The maximum atomic E-state index is 12.1. The predicted molar refractivity (Wildman–Crippen MR) is 258 cm³/mol. The van der Waals surface area contributed by atoms with Crippen LogP contribution in [0.1, 0.15) is 31.7 Å². The van der Waals surface area contributed by atoms with Crippen molar-refractivity contribution in [3.8, 4) is 0 Å². The van der Waals surface area contributed by atoms with Gasteiger partial charge in [-0.15, -0.1) is 0 Å². The van der Waals surface area contributed by atoms with Crippen LogP contribution >= 0.6 is 0 Å². The van der Waals surface area contributed by atoms with Crippen LogP contribution in [0, 0.1) is 5.92 Å². The molecule has 16 N–H and O–H groups in total. The molecule has 0 aliphatic carbocycles. The molecule has 30 atom stereocenters. The van der Waals surface area contributed by atoms with Gasteiger partial charge in [-0.05, 0) is 50.9 Å². The first-order valence-electron chi connectivity index (χ1n) is 27.2. The number of rotatable bonds is 8. The lowest BCUT2D eigenvalue weighted by atomic mass is 9.89. The smallest absolute Gasteiger partial charge is 0.187 e. The van der Waals surface area contributed by atoms with Crippen LogP contribution in [0.4, 0.5) is 0 Å². The Labute approximate surface area is 454 Å². The number of aryl methyl sites for hydroxylation is 1. The number of hydrogen-bond donors (Lipinski definition) is 16. The van der Waals surface area contributed by atoms with Gasteiger partial charge in [0.1, 0.15) is 134 Å². The zero-order chi connectivity index (χ0) is 56.4. The minimum absolute atomic E-state index is 0.0772. The van der Waals surface area contributed by atoms with E-state index in [1.54, 1.807) is 0 Å². The molecule has 12 aliphatic rings. The molecule has 79 heavy (non-hydrogen) atoms. The lowest BCUT2D eigenvalue weighted by Crippen LogP contribution is -2.69. The van der Waals surface area contributed by atoms with Gasteiger partial charge in [0, 0.05) is 19.0 Å². The number of benzene rings is 1. The number of hydrogen-bond acceptors (Lipinski definition) is 29. The lowest BCUT2D eigenvalue weighted by molar-refractivity contribution is -0.401. The highest BCUT2D eigenvalue weighted by Gasteiger charge is 2.58. The number of aliphatic hydroxyl groups excluding tert-OH is 15. The molecule has 0 aromatic heterocycles. The van der Waals surface area contributed by atoms with Gasteiger partial charge in [-0.3, -0.25) is 0 Å². The molecule has 0 radical (unpaired) electrons. The SMILES string of the molecule is CC1C(O)[C@@H]2O[C@H](CO)[C@H]1O[C@H]1O[C@H](CO)[C@@H](O[C@H]3O[C@@H]4CN(CCCc5ccccc5)CCCCNC[C@H]5O[C@H](O[C@H]6C(O)C(O)[C@H](O[C@@H]6CO)O[C@H]6C(O)C(O)[C@H](O[C@@H]6CO)O[C@H]4C(O)C3O)C(O)C(O)[C@@H]5O2)C(O)C1O. The molecule has 452 valence electrons. The minimum Gasteiger partial charge on any atom is -0.394 e. The molecule has 29 nitrogen and oxygen atoms in total. The van der Waals surface area contributed by atoms with Crippen molar-refractivity contribution in [2.45, 2.75) is 211 Å². The van der Waals surface area contributed by atoms with E-state index >= 15 is 0 Å². The van der Waals surface area contributed by atoms with Gasteiger partial charge in [0.05, 0.1) is 32.5 Å². The van der Waals surface area contributed by atoms with Crippen molar-refractivity contribution in [3.63, 3.8) is 0 Å². The van der Waals surface area contributed by atoms with Gasteiger partial charge < -0.3 is 144 Å². The third-order valence-electron chi connectivity index (χ3n) is 16.3. The molecule has 12 saturated heterocycles. The van der Waals surface area contributed by atoms with E-state index in [0.29, 0.717) is 45.3 Å². The van der Waals surface area contributed by atoms with Crippen molar-refractivity contribution < 1.29 is 133 Å². The minimum atomic E-state index is -2.07. The number of nitrogens with zero attached hydrogens (tertiary/aromatic N) is 1. The van der Waals surface area contributed by atoms with Gasteiger partial charge in [-0.1, -0.05) is 37.3 Å². The van der Waals surface area contributed by atoms with Crippen LogP contribution in [0.3, 0.4) is 0 Å². The maximum absolute atomic E-state index is 12.1. The molecule has 12 heterocycles. The third kappa shape index (κ3) is 13.3. The molecular weight excluding hydrogens is 1060 g/mol. The highest BCUT2D eigenvalue weighted by molar-refractivity contribution is 5.14. The summed E-state index contributed by atoms with van der Waals surface area (Å²) in [5, 5.41) is 175. The van der Waals surface area contributed by atoms with Crippen LogP contribution in [0.2, 0.25) is 0 Å². The number of aliphatic hydroxyl groups is 15. The van der Waals surface area contributed by atoms with Crippen LogP contribution in [0.15, 0.2) is 30.3 Å². The monoisotopic (exact) mass is 1140 g/mol. The second-order valence-corrected chi connectivity index (χ2v) is 21.6. The van der Waals surface area contributed by atoms with Crippen molar-refractivity contribution >= 4 is 0 Å². The molecule has 1 aromatic rings. The summed E-state index contributed by atoms with van der Waals surface area (Å²) in [5.74, 6) is -1.05. The molecule has 29 heteroatoms. The molecule has 13 rings (SSSR count). The summed E-state index contributed by atoms with van der Waals surface area (Å²) in [6.45, 7) is -1.13. The molecule has 0 amide bonds. The second kappa shape index (κ2) is 27.4. The normalized spacial score (nSPS) is 49.9. The van der Waals surface area contributed by atoms with Crippen molar-refractivity contribution in [2.24, 2.45) is 5.92 Å². The Morgan fingerprint density at radius 3 is 1.28 bits per heavy atom. The van der Waals surface area contributed by atoms with Gasteiger partial charge >= 0.3 is 0 Å². The fraction of sp³-hybridized carbons (Fsp3) is 0.880. The first kappa shape index (κ1) is 61.6. The highest BCUT2D eigenvalue weighted by Crippen LogP contribution is 2.39. The van der Waals surface area contributed by atoms with E-state index in [1.807, 2.05) is 35.2 Å². The van der Waals surface area contributed by atoms with Crippen LogP contribution in [-0.4, -0.2) is 319 Å². The van der Waals surface area contributed by atoms with Crippen molar-refractivity contribution in [1.82, 2.24) is 10.2 Å². The molecule has 0 spiro atoms. The molecule has 12 unspecified atom stereocenters. The maximum Gasteiger partial charge on any atom is 0.187 e. The van der Waals surface area contributed by atoms with E-state index in [-0.39, 0.29) is 13.1 Å². The van der Waals surface area contributed by atoms with E-state index in [9.17, 15) is 76.6 Å². The van der Waals surface area contributed by atoms with E-state index in [4.69, 9.17) is 56.8 Å². The number of ether oxygens (including phenoxy) is 12. The lowest BCUT2D eigenvalue weighted by Gasteiger charge is -2.51. The third-order valence-corrected chi connectivity index (χ3v) is 16.3. The van der Waals surface area contributed by atoms with Crippen LogP contribution in [0.25, 0.3) is 0 Å². The molecule has 1 aromatic carbocycles. The summed E-state index contributed by atoms with van der Waals surface area (Å²) < 4.78 is 73.3. The molecular formula is C50H80N2O27. The standard InChI is InChI=1S/C50H80N2O27/c1-20-28(57)45-70-24(16-53)39(20)74-48-36(65)31(60)43(25(17-54)71-48)78-47-35(64)30(59)41-23(69-47)15-52(13-7-10-21-8-3-2-4-9-21)12-6-5-11-51-14-22-40(75-45)29(58)34(63)46(68-22)77-42-26(18-55)73-50(38(67)33(42)62)79-44-27(19-56)72-49(76-41)37(66)32(44)61/h2-4,8-9,20,22-51,53-67H,5-7,10-19H2,1H3/t20?,22-,23-,24-,25-,26-,27-,28?,29?,30?,31?,32?,33?,34?,35?,36?,37?,38?,39+,40-,41-,42-,43-,44-,45-,46-,47-,48-,49-,50-/m1/s1. The zero-order valence-corrected chi connectivity index (χ0v) is 43.5. The van der Waals surface area contributed by atoms with Gasteiger partial charge in [-0.25, -0.2) is 0 Å². The van der Waals surface area contributed by atoms with Gasteiger partial charge in [-0.2, -0.15) is 0 Å². The molecule has 0 saturated carbocycles. The summed E-state index contributed by atoms with van der Waals surface area (Å²) in [5.41, 5.74) is 1.06. The zero-order valence-electron chi connectivity index (χ0n) is 43.5. The summed E-state index contributed by atoms with van der Waals surface area (Å²) >= 11 is 0. The Kier molecular flexibility index (Phi) is 21.4. The Hall–Kier alpha value is -1.94. The average molecular weight is 1140 g/mol. The Balaban J connectivity index is 1.11. The van der Waals surface area contributed by atoms with Crippen LogP contribution in [0.5, 0.6) is 0 Å². The van der Waals surface area contributed by atoms with Crippen molar-refractivity contribution in [2.75, 3.05) is 59.2 Å². The van der Waals surface area contributed by atoms with Gasteiger partial charge in [0.15, 0.2) is 37.7 Å². The van der Waals surface area contributed by atoms with Gasteiger partial charge in [0.25, 0.3) is 0 Å². The predicted octanol–water partition coefficient (Wildman–Crippen LogP) is -8.45. The fourth-order valence-corrected chi connectivity index (χ4v) is 11.7. The Morgan fingerprint density at radius 1 is 0.430 bits per heavy atom. The summed E-state index contributed by atoms with van der Waals surface area (Å²) in [6.07, 6.45) is -48.9. The largest absolute Gasteiger partial charge is 0.394 e. The fourth-order valence-electron chi connectivity index (χ4n) is 11.7. The first-order valence-corrected chi connectivity index (χ1v) is 27.2. The van der Waals surface area contributed by atoms with E-state index in [1.165, 1.54) is 6.92 Å². The number of nitrogens with one attached hydrogen (secondary N) is 1. The van der Waals surface area contributed by atoms with E-state index in [2.05, 4.69) is 5.32 Å². The van der Waals surface area contributed by atoms with E-state index < -0.39 is 210 Å². The first-order chi connectivity index (χ1) is 38.0.